The monoisotopic (exact) mass is 384 g/mol. The molecule has 0 saturated carbocycles. The molecule has 0 aliphatic heterocycles. The van der Waals surface area contributed by atoms with Crippen LogP contribution in [-0.2, 0) is 13.0 Å². The van der Waals surface area contributed by atoms with Crippen LogP contribution in [-0.4, -0.2) is 19.2 Å². The number of nitrogens with one attached hydrogen (secondary N) is 2. The van der Waals surface area contributed by atoms with Crippen molar-refractivity contribution in [3.63, 3.8) is 0 Å². The number of hydrogen-bond donors (Lipinski definition) is 2. The number of ether oxygens (including phenoxy) is 1. The van der Waals surface area contributed by atoms with Crippen molar-refractivity contribution >= 4 is 16.8 Å². The minimum absolute atomic E-state index is 0.246. The molecule has 4 heteroatoms. The Kier molecular flexibility index (Phi) is 7.31. The quantitative estimate of drug-likeness (QED) is 0.467. The lowest BCUT2D eigenvalue weighted by Crippen LogP contribution is -2.35. The molecule has 3 aromatic rings. The van der Waals surface area contributed by atoms with Gasteiger partial charge in [0.25, 0.3) is 0 Å². The van der Waals surface area contributed by atoms with E-state index in [0.717, 1.165) is 34.1 Å². The Morgan fingerprint density at radius 2 is 1.69 bits per heavy atom. The zero-order chi connectivity index (χ0) is 20.3. The second kappa shape index (κ2) is 10.6. The first-order valence-corrected chi connectivity index (χ1v) is 9.53. The average molecular weight is 384 g/mol. The van der Waals surface area contributed by atoms with Crippen molar-refractivity contribution < 1.29 is 9.53 Å². The molecule has 0 heterocycles. The predicted octanol–water partition coefficient (Wildman–Crippen LogP) is 4.45. The van der Waals surface area contributed by atoms with Gasteiger partial charge >= 0.3 is 6.03 Å². The molecule has 0 bridgehead atoms. The van der Waals surface area contributed by atoms with Crippen LogP contribution in [0.25, 0.3) is 10.8 Å². The molecule has 0 fully saturated rings. The van der Waals surface area contributed by atoms with Crippen LogP contribution in [0.5, 0.6) is 5.75 Å². The third-order valence-corrected chi connectivity index (χ3v) is 4.42. The van der Waals surface area contributed by atoms with Crippen LogP contribution in [0.3, 0.4) is 0 Å². The summed E-state index contributed by atoms with van der Waals surface area (Å²) in [7, 11) is 0. The summed E-state index contributed by atoms with van der Waals surface area (Å²) in [6, 6.07) is 21.8. The van der Waals surface area contributed by atoms with Gasteiger partial charge in [-0.25, -0.2) is 4.79 Å². The summed E-state index contributed by atoms with van der Waals surface area (Å²) in [6.07, 6.45) is 2.59. The molecule has 0 aromatic heterocycles. The van der Waals surface area contributed by atoms with Gasteiger partial charge in [-0.1, -0.05) is 78.6 Å². The Morgan fingerprint density at radius 1 is 0.931 bits per heavy atom. The zero-order valence-electron chi connectivity index (χ0n) is 16.3. The van der Waals surface area contributed by atoms with E-state index in [0.29, 0.717) is 6.54 Å². The lowest BCUT2D eigenvalue weighted by molar-refractivity contribution is 0.241. The molecule has 2 amide bonds. The van der Waals surface area contributed by atoms with Gasteiger partial charge in [-0.05, 0) is 34.4 Å². The van der Waals surface area contributed by atoms with E-state index in [-0.39, 0.29) is 19.2 Å². The van der Waals surface area contributed by atoms with E-state index in [1.165, 1.54) is 0 Å². The fourth-order valence-corrected chi connectivity index (χ4v) is 3.01. The van der Waals surface area contributed by atoms with E-state index in [1.54, 1.807) is 0 Å². The van der Waals surface area contributed by atoms with E-state index < -0.39 is 0 Å². The lowest BCUT2D eigenvalue weighted by Gasteiger charge is -2.08. The van der Waals surface area contributed by atoms with Crippen molar-refractivity contribution in [2.45, 2.75) is 13.0 Å². The Hall–Kier alpha value is -3.71. The van der Waals surface area contributed by atoms with Crippen molar-refractivity contribution in [1.29, 1.82) is 0 Å². The maximum atomic E-state index is 12.0. The Balaban J connectivity index is 1.41. The van der Waals surface area contributed by atoms with Gasteiger partial charge in [-0.2, -0.15) is 0 Å². The Morgan fingerprint density at radius 3 is 2.59 bits per heavy atom. The highest BCUT2D eigenvalue weighted by molar-refractivity contribution is 5.86. The first-order valence-electron chi connectivity index (χ1n) is 9.53. The number of allylic oxidation sites excluding steroid dienone is 1. The molecule has 3 aromatic carbocycles. The van der Waals surface area contributed by atoms with Gasteiger partial charge in [0.15, 0.2) is 0 Å². The van der Waals surface area contributed by atoms with Crippen LogP contribution in [0.2, 0.25) is 0 Å². The van der Waals surface area contributed by atoms with Gasteiger partial charge in [-0.3, -0.25) is 0 Å². The minimum atomic E-state index is -0.246. The number of carbonyl (C=O) groups is 1. The van der Waals surface area contributed by atoms with Gasteiger partial charge < -0.3 is 15.4 Å². The SMILES string of the molecule is C=CCc1ccccc1OCC#CCNC(=O)NCc1cccc2ccccc12. The molecule has 0 radical (unpaired) electrons. The fourth-order valence-electron chi connectivity index (χ4n) is 3.01. The fraction of sp³-hybridized carbons (Fsp3) is 0.160. The van der Waals surface area contributed by atoms with E-state index in [9.17, 15) is 4.79 Å². The van der Waals surface area contributed by atoms with Gasteiger partial charge in [0.05, 0.1) is 6.54 Å². The maximum absolute atomic E-state index is 12.0. The number of fused-ring (bicyclic) bond motifs is 1. The molecule has 0 unspecified atom stereocenters. The van der Waals surface area contributed by atoms with Crippen LogP contribution in [0.4, 0.5) is 4.79 Å². The lowest BCUT2D eigenvalue weighted by atomic mass is 10.0. The van der Waals surface area contributed by atoms with Crippen LogP contribution < -0.4 is 15.4 Å². The van der Waals surface area contributed by atoms with E-state index in [2.05, 4.69) is 47.3 Å². The molecule has 0 spiro atoms. The molecule has 3 rings (SSSR count). The van der Waals surface area contributed by atoms with Crippen LogP contribution in [0, 0.1) is 11.8 Å². The normalized spacial score (nSPS) is 9.93. The summed E-state index contributed by atoms with van der Waals surface area (Å²) in [5.41, 5.74) is 2.16. The number of benzene rings is 3. The second-order valence-corrected chi connectivity index (χ2v) is 6.42. The first-order chi connectivity index (χ1) is 14.3. The molecule has 0 saturated heterocycles. The third kappa shape index (κ3) is 5.88. The molecule has 0 aliphatic rings. The van der Waals surface area contributed by atoms with Gasteiger partial charge in [0.2, 0.25) is 0 Å². The highest BCUT2D eigenvalue weighted by Crippen LogP contribution is 2.19. The van der Waals surface area contributed by atoms with E-state index >= 15 is 0 Å². The summed E-state index contributed by atoms with van der Waals surface area (Å²) < 4.78 is 5.69. The molecule has 2 N–H and O–H groups in total. The maximum Gasteiger partial charge on any atom is 0.315 e. The van der Waals surface area contributed by atoms with Crippen LogP contribution in [0.1, 0.15) is 11.1 Å². The minimum Gasteiger partial charge on any atom is -0.481 e. The number of carbonyl (C=O) groups excluding carboxylic acids is 1. The number of urea groups is 1. The van der Waals surface area contributed by atoms with Crippen molar-refractivity contribution in [2.24, 2.45) is 0 Å². The topological polar surface area (TPSA) is 50.4 Å². The Bertz CT molecular complexity index is 1040. The molecule has 29 heavy (non-hydrogen) atoms. The number of hydrogen-bond acceptors (Lipinski definition) is 2. The van der Waals surface area contributed by atoms with E-state index in [4.69, 9.17) is 4.74 Å². The van der Waals surface area contributed by atoms with Gasteiger partial charge in [0.1, 0.15) is 12.4 Å². The summed E-state index contributed by atoms with van der Waals surface area (Å²) in [4.78, 5) is 12.0. The largest absolute Gasteiger partial charge is 0.481 e. The van der Waals surface area contributed by atoms with Crippen molar-refractivity contribution in [3.05, 3.63) is 90.5 Å². The smallest absolute Gasteiger partial charge is 0.315 e. The first kappa shape index (κ1) is 20.0. The van der Waals surface area contributed by atoms with E-state index in [1.807, 2.05) is 54.6 Å². The van der Waals surface area contributed by atoms with Crippen molar-refractivity contribution in [2.75, 3.05) is 13.2 Å². The van der Waals surface area contributed by atoms with Gasteiger partial charge in [-0.15, -0.1) is 6.58 Å². The molecule has 146 valence electrons. The second-order valence-electron chi connectivity index (χ2n) is 6.42. The standard InChI is InChI=1S/C25H24N2O2/c1-2-10-21-12-4-6-16-24(21)29-18-8-7-17-26-25(28)27-19-22-14-9-13-20-11-3-5-15-23(20)22/h2-6,9,11-16H,1,10,17-19H2,(H2,26,27,28). The molecule has 4 nitrogen and oxygen atoms in total. The van der Waals surface area contributed by atoms with Gasteiger partial charge in [0, 0.05) is 6.54 Å². The van der Waals surface area contributed by atoms with Crippen LogP contribution in [0.15, 0.2) is 79.4 Å². The number of amides is 2. The number of para-hydroxylation sites is 1. The number of rotatable bonds is 7. The zero-order valence-corrected chi connectivity index (χ0v) is 16.3. The summed E-state index contributed by atoms with van der Waals surface area (Å²) in [5, 5.41) is 7.91. The molecule has 0 atom stereocenters. The molecular formula is C25H24N2O2. The Labute approximate surface area is 171 Å². The van der Waals surface area contributed by atoms with Crippen molar-refractivity contribution in [1.82, 2.24) is 10.6 Å². The third-order valence-electron chi connectivity index (χ3n) is 4.42. The highest BCUT2D eigenvalue weighted by Gasteiger charge is 2.03. The predicted molar refractivity (Wildman–Crippen MR) is 118 cm³/mol. The summed E-state index contributed by atoms with van der Waals surface area (Å²) in [6.45, 7) is 4.75. The van der Waals surface area contributed by atoms with Crippen LogP contribution >= 0.6 is 0 Å². The summed E-state index contributed by atoms with van der Waals surface area (Å²) >= 11 is 0. The summed E-state index contributed by atoms with van der Waals surface area (Å²) in [5.74, 6) is 6.62. The average Bonchev–Trinajstić information content (AvgIpc) is 2.76. The van der Waals surface area contributed by atoms with Crippen molar-refractivity contribution in [3.8, 4) is 17.6 Å². The molecule has 0 aliphatic carbocycles. The highest BCUT2D eigenvalue weighted by atomic mass is 16.5. The molecular weight excluding hydrogens is 360 g/mol.